The van der Waals surface area contributed by atoms with Gasteiger partial charge in [-0.05, 0) is 55.3 Å². The molecule has 1 aromatic heterocycles. The van der Waals surface area contributed by atoms with E-state index in [1.165, 1.54) is 11.3 Å². The molecule has 4 rings (SSSR count). The molecule has 1 fully saturated rings. The summed E-state index contributed by atoms with van der Waals surface area (Å²) < 4.78 is 10.9. The molecule has 5 nitrogen and oxygen atoms in total. The van der Waals surface area contributed by atoms with E-state index in [0.29, 0.717) is 29.5 Å². The molecule has 0 bridgehead atoms. The molecule has 0 atom stereocenters. The minimum Gasteiger partial charge on any atom is -0.497 e. The Bertz CT molecular complexity index is 986. The molecule has 150 valence electrons. The van der Waals surface area contributed by atoms with E-state index in [2.05, 4.69) is 4.98 Å². The second-order valence-electron chi connectivity index (χ2n) is 6.87. The summed E-state index contributed by atoms with van der Waals surface area (Å²) in [5, 5.41) is 3.50. The van der Waals surface area contributed by atoms with Crippen LogP contribution >= 0.6 is 22.9 Å². The molecule has 0 N–H and O–H groups in total. The summed E-state index contributed by atoms with van der Waals surface area (Å²) in [7, 11) is 1.61. The monoisotopic (exact) mass is 428 g/mol. The van der Waals surface area contributed by atoms with Crippen LogP contribution < -0.4 is 9.47 Å². The number of nitrogens with zero attached hydrogens (tertiary/aromatic N) is 2. The third kappa shape index (κ3) is 5.08. The molecule has 1 amide bonds. The summed E-state index contributed by atoms with van der Waals surface area (Å²) in [6, 6.07) is 14.8. The first-order valence-electron chi connectivity index (χ1n) is 9.39. The number of thiazole rings is 1. The number of carbonyl (C=O) groups excluding carboxylic acids is 1. The molecule has 0 aliphatic heterocycles. The van der Waals surface area contributed by atoms with Crippen LogP contribution in [-0.2, 0) is 13.2 Å². The van der Waals surface area contributed by atoms with Crippen LogP contribution in [0, 0.1) is 0 Å². The molecule has 1 aliphatic carbocycles. The van der Waals surface area contributed by atoms with Crippen molar-refractivity contribution >= 4 is 28.8 Å². The van der Waals surface area contributed by atoms with Gasteiger partial charge in [-0.1, -0.05) is 17.7 Å². The van der Waals surface area contributed by atoms with Gasteiger partial charge in [0, 0.05) is 22.0 Å². The third-order valence-electron chi connectivity index (χ3n) is 4.68. The minimum atomic E-state index is 0.0277. The first-order valence-corrected chi connectivity index (χ1v) is 10.6. The van der Waals surface area contributed by atoms with E-state index < -0.39 is 0 Å². The second kappa shape index (κ2) is 8.84. The topological polar surface area (TPSA) is 51.7 Å². The van der Waals surface area contributed by atoms with E-state index >= 15 is 0 Å². The fraction of sp³-hybridized carbons (Fsp3) is 0.273. The second-order valence-corrected chi connectivity index (χ2v) is 8.25. The first-order chi connectivity index (χ1) is 14.1. The summed E-state index contributed by atoms with van der Waals surface area (Å²) in [6.07, 6.45) is 2.08. The molecule has 0 spiro atoms. The summed E-state index contributed by atoms with van der Waals surface area (Å²) in [5.74, 6) is 1.48. The van der Waals surface area contributed by atoms with Crippen molar-refractivity contribution in [1.29, 1.82) is 0 Å². The number of benzene rings is 2. The van der Waals surface area contributed by atoms with E-state index in [0.717, 1.165) is 29.3 Å². The molecule has 1 heterocycles. The van der Waals surface area contributed by atoms with Gasteiger partial charge in [0.2, 0.25) is 0 Å². The predicted molar refractivity (Wildman–Crippen MR) is 114 cm³/mol. The molecule has 29 heavy (non-hydrogen) atoms. The third-order valence-corrected chi connectivity index (χ3v) is 5.78. The smallest absolute Gasteiger partial charge is 0.254 e. The van der Waals surface area contributed by atoms with Crippen LogP contribution in [0.4, 0.5) is 0 Å². The average Bonchev–Trinajstić information content (AvgIpc) is 3.49. The van der Waals surface area contributed by atoms with Gasteiger partial charge in [-0.15, -0.1) is 11.3 Å². The predicted octanol–water partition coefficient (Wildman–Crippen LogP) is 5.19. The lowest BCUT2D eigenvalue weighted by atomic mass is 10.2. The molecule has 0 unspecified atom stereocenters. The Morgan fingerprint density at radius 1 is 1.21 bits per heavy atom. The van der Waals surface area contributed by atoms with Crippen LogP contribution in [0.1, 0.15) is 33.9 Å². The highest BCUT2D eigenvalue weighted by Gasteiger charge is 2.33. The van der Waals surface area contributed by atoms with Crippen molar-refractivity contribution in [2.45, 2.75) is 32.0 Å². The Balaban J connectivity index is 1.40. The highest BCUT2D eigenvalue weighted by molar-refractivity contribution is 7.09. The highest BCUT2D eigenvalue weighted by atomic mass is 35.5. The van der Waals surface area contributed by atoms with Crippen molar-refractivity contribution in [1.82, 2.24) is 9.88 Å². The van der Waals surface area contributed by atoms with Crippen molar-refractivity contribution in [3.05, 3.63) is 75.2 Å². The molecule has 1 saturated carbocycles. The lowest BCUT2D eigenvalue weighted by molar-refractivity contribution is 0.0728. The number of aromatic nitrogens is 1. The number of carbonyl (C=O) groups is 1. The van der Waals surface area contributed by atoms with Gasteiger partial charge in [-0.2, -0.15) is 0 Å². The Hall–Kier alpha value is -2.57. The van der Waals surface area contributed by atoms with E-state index in [9.17, 15) is 4.79 Å². The Labute approximate surface area is 178 Å². The number of hydrogen-bond donors (Lipinski definition) is 0. The number of ether oxygens (including phenoxy) is 2. The molecule has 3 aromatic rings. The quantitative estimate of drug-likeness (QED) is 0.495. The number of amides is 1. The van der Waals surface area contributed by atoms with Gasteiger partial charge in [-0.3, -0.25) is 4.79 Å². The van der Waals surface area contributed by atoms with E-state index in [1.807, 2.05) is 52.7 Å². The molecule has 7 heteroatoms. The summed E-state index contributed by atoms with van der Waals surface area (Å²) >= 11 is 7.52. The lowest BCUT2D eigenvalue weighted by Gasteiger charge is -2.21. The molecule has 1 aliphatic rings. The van der Waals surface area contributed by atoms with Gasteiger partial charge in [0.1, 0.15) is 23.1 Å². The van der Waals surface area contributed by atoms with Gasteiger partial charge in [0.25, 0.3) is 5.91 Å². The highest BCUT2D eigenvalue weighted by Crippen LogP contribution is 2.30. The Kier molecular flexibility index (Phi) is 6.02. The maximum atomic E-state index is 13.0. The van der Waals surface area contributed by atoms with Gasteiger partial charge in [0.15, 0.2) is 0 Å². The first kappa shape index (κ1) is 19.7. The maximum absolute atomic E-state index is 13.0. The Morgan fingerprint density at radius 3 is 2.69 bits per heavy atom. The van der Waals surface area contributed by atoms with Gasteiger partial charge < -0.3 is 14.4 Å². The number of hydrogen-bond acceptors (Lipinski definition) is 5. The van der Waals surface area contributed by atoms with E-state index in [-0.39, 0.29) is 11.9 Å². The number of halogens is 1. The fourth-order valence-electron chi connectivity index (χ4n) is 3.02. The van der Waals surface area contributed by atoms with Crippen molar-refractivity contribution < 1.29 is 14.3 Å². The molecule has 0 saturated heterocycles. The van der Waals surface area contributed by atoms with Crippen LogP contribution in [0.3, 0.4) is 0 Å². The minimum absolute atomic E-state index is 0.0277. The summed E-state index contributed by atoms with van der Waals surface area (Å²) in [5.41, 5.74) is 1.55. The van der Waals surface area contributed by atoms with Crippen molar-refractivity contribution in [3.63, 3.8) is 0 Å². The zero-order chi connectivity index (χ0) is 20.2. The SMILES string of the molecule is COc1ccc(C(=O)N(Cc2csc(COc3cccc(Cl)c3)n2)C2CC2)cc1. The van der Waals surface area contributed by atoms with Crippen LogP contribution in [0.5, 0.6) is 11.5 Å². The van der Waals surface area contributed by atoms with Gasteiger partial charge >= 0.3 is 0 Å². The van der Waals surface area contributed by atoms with Crippen molar-refractivity contribution in [2.75, 3.05) is 7.11 Å². The zero-order valence-electron chi connectivity index (χ0n) is 16.0. The van der Waals surface area contributed by atoms with Crippen molar-refractivity contribution in [2.24, 2.45) is 0 Å². The van der Waals surface area contributed by atoms with Gasteiger partial charge in [-0.25, -0.2) is 4.98 Å². The molecule has 0 radical (unpaired) electrons. The zero-order valence-corrected chi connectivity index (χ0v) is 17.6. The molecular formula is C22H21ClN2O3S. The van der Waals surface area contributed by atoms with Crippen LogP contribution in [-0.4, -0.2) is 28.9 Å². The van der Waals surface area contributed by atoms with Gasteiger partial charge in [0.05, 0.1) is 19.3 Å². The number of rotatable bonds is 8. The van der Waals surface area contributed by atoms with Crippen LogP contribution in [0.2, 0.25) is 5.02 Å². The summed E-state index contributed by atoms with van der Waals surface area (Å²) in [4.78, 5) is 19.6. The summed E-state index contributed by atoms with van der Waals surface area (Å²) in [6.45, 7) is 0.879. The molecular weight excluding hydrogens is 408 g/mol. The van der Waals surface area contributed by atoms with E-state index in [1.54, 1.807) is 13.2 Å². The normalized spacial score (nSPS) is 13.2. The largest absolute Gasteiger partial charge is 0.497 e. The van der Waals surface area contributed by atoms with Crippen molar-refractivity contribution in [3.8, 4) is 11.5 Å². The van der Waals surface area contributed by atoms with E-state index in [4.69, 9.17) is 21.1 Å². The van der Waals surface area contributed by atoms with Crippen LogP contribution in [0.25, 0.3) is 0 Å². The Morgan fingerprint density at radius 2 is 2.00 bits per heavy atom. The van der Waals surface area contributed by atoms with Crippen LogP contribution in [0.15, 0.2) is 53.9 Å². The standard InChI is InChI=1S/C22H21ClN2O3S/c1-27-19-9-5-15(6-10-19)22(26)25(18-7-8-18)12-17-14-29-21(24-17)13-28-20-4-2-3-16(23)11-20/h2-6,9-11,14,18H,7-8,12-13H2,1H3. The lowest BCUT2D eigenvalue weighted by Crippen LogP contribution is -2.32. The number of methoxy groups -OCH3 is 1. The fourth-order valence-corrected chi connectivity index (χ4v) is 3.89. The maximum Gasteiger partial charge on any atom is 0.254 e. The molecule has 2 aromatic carbocycles. The average molecular weight is 429 g/mol.